The average Bonchev–Trinajstić information content (AvgIpc) is 2.88. The van der Waals surface area contributed by atoms with Crippen molar-refractivity contribution < 1.29 is 14.0 Å². The molecule has 9 nitrogen and oxygen atoms in total. The van der Waals surface area contributed by atoms with Gasteiger partial charge in [0, 0.05) is 43.9 Å². The monoisotopic (exact) mass is 535 g/mol. The summed E-state index contributed by atoms with van der Waals surface area (Å²) in [6.07, 6.45) is 7.32. The van der Waals surface area contributed by atoms with E-state index in [-0.39, 0.29) is 29.6 Å². The summed E-state index contributed by atoms with van der Waals surface area (Å²) >= 11 is 0. The molecule has 39 heavy (non-hydrogen) atoms. The van der Waals surface area contributed by atoms with Gasteiger partial charge in [0.2, 0.25) is 17.8 Å². The Morgan fingerprint density at radius 3 is 2.72 bits per heavy atom. The highest BCUT2D eigenvalue weighted by Gasteiger charge is 2.31. The summed E-state index contributed by atoms with van der Waals surface area (Å²) in [5.41, 5.74) is 1.24. The Bertz CT molecular complexity index is 1230. The molecular formula is C29H38FN7O2. The van der Waals surface area contributed by atoms with E-state index in [1.54, 1.807) is 38.4 Å². The Morgan fingerprint density at radius 1 is 1.26 bits per heavy atom. The van der Waals surface area contributed by atoms with Crippen LogP contribution in [0.15, 0.2) is 42.6 Å². The maximum absolute atomic E-state index is 13.5. The van der Waals surface area contributed by atoms with Gasteiger partial charge in [0.15, 0.2) is 0 Å². The van der Waals surface area contributed by atoms with E-state index in [0.717, 1.165) is 25.8 Å². The van der Waals surface area contributed by atoms with Crippen molar-refractivity contribution in [1.82, 2.24) is 25.1 Å². The van der Waals surface area contributed by atoms with Gasteiger partial charge in [-0.15, -0.1) is 0 Å². The number of likely N-dealkylation sites (N-methyl/N-ethyl adjacent to an activating group) is 2. The highest BCUT2D eigenvalue weighted by molar-refractivity contribution is 5.92. The van der Waals surface area contributed by atoms with Crippen molar-refractivity contribution in [2.24, 2.45) is 5.92 Å². The summed E-state index contributed by atoms with van der Waals surface area (Å²) in [6, 6.07) is 5.56. The Balaban J connectivity index is 1.54. The highest BCUT2D eigenvalue weighted by Crippen LogP contribution is 2.27. The third-order valence-corrected chi connectivity index (χ3v) is 6.35. The summed E-state index contributed by atoms with van der Waals surface area (Å²) in [5.74, 6) is 6.83. The number of carbonyl (C=O) groups excluding carboxylic acids is 2. The van der Waals surface area contributed by atoms with E-state index < -0.39 is 6.04 Å². The van der Waals surface area contributed by atoms with Crippen molar-refractivity contribution in [3.8, 4) is 11.8 Å². The summed E-state index contributed by atoms with van der Waals surface area (Å²) in [6.45, 7) is 5.16. The first-order valence-electron chi connectivity index (χ1n) is 13.2. The predicted octanol–water partition coefficient (Wildman–Crippen LogP) is 3.39. The summed E-state index contributed by atoms with van der Waals surface area (Å²) in [5, 5.41) is 9.32. The van der Waals surface area contributed by atoms with Crippen molar-refractivity contribution >= 4 is 29.3 Å². The second kappa shape index (κ2) is 14.3. The first-order valence-corrected chi connectivity index (χ1v) is 13.2. The van der Waals surface area contributed by atoms with Crippen molar-refractivity contribution in [2.75, 3.05) is 44.9 Å². The zero-order valence-corrected chi connectivity index (χ0v) is 23.3. The first kappa shape index (κ1) is 29.6. The fourth-order valence-electron chi connectivity index (χ4n) is 3.81. The second-order valence-corrected chi connectivity index (χ2v) is 9.95. The minimum Gasteiger partial charge on any atom is -0.369 e. The number of hydrogen-bond donors (Lipinski definition) is 3. The van der Waals surface area contributed by atoms with Gasteiger partial charge in [0.1, 0.15) is 17.7 Å². The third kappa shape index (κ3) is 9.07. The Labute approximate surface area is 230 Å². The van der Waals surface area contributed by atoms with Gasteiger partial charge in [-0.3, -0.25) is 9.59 Å². The van der Waals surface area contributed by atoms with Crippen molar-refractivity contribution in [1.29, 1.82) is 0 Å². The molecule has 2 amide bonds. The van der Waals surface area contributed by atoms with Crippen LogP contribution < -0.4 is 16.0 Å². The van der Waals surface area contributed by atoms with Crippen LogP contribution in [0.1, 0.15) is 38.7 Å². The van der Waals surface area contributed by atoms with Gasteiger partial charge in [-0.2, -0.15) is 4.98 Å². The largest absolute Gasteiger partial charge is 0.369 e. The maximum Gasteiger partial charge on any atom is 0.246 e. The molecule has 1 aliphatic rings. The molecule has 0 aliphatic heterocycles. The molecule has 3 rings (SSSR count). The number of halogens is 1. The maximum atomic E-state index is 13.5. The second-order valence-electron chi connectivity index (χ2n) is 9.95. The van der Waals surface area contributed by atoms with Crippen LogP contribution in [0.3, 0.4) is 0 Å². The zero-order chi connectivity index (χ0) is 28.4. The number of carbonyl (C=O) groups is 2. The zero-order valence-electron chi connectivity index (χ0n) is 23.3. The van der Waals surface area contributed by atoms with E-state index in [1.165, 1.54) is 23.1 Å². The van der Waals surface area contributed by atoms with Crippen LogP contribution in [-0.2, 0) is 9.59 Å². The molecule has 10 heteroatoms. The normalized spacial score (nSPS) is 17.1. The van der Waals surface area contributed by atoms with E-state index in [0.29, 0.717) is 29.6 Å². The predicted molar refractivity (Wildman–Crippen MR) is 152 cm³/mol. The molecule has 3 N–H and O–H groups in total. The number of rotatable bonds is 11. The lowest BCUT2D eigenvalue weighted by Crippen LogP contribution is -2.51. The molecule has 1 aromatic heterocycles. The standard InChI is InChI=1S/C29H38FN7O2/c1-6-14-31-27-22(19-32-29(35-27)34-24-10-7-9-23(30)18-24)13-12-21-16-25(17-21)33-28(39)20(2)37(5)26(38)11-8-15-36(3)4/h7-11,18-21,25H,6,14-17H2,1-5H3,(H,33,39)(H2,31,32,34,35)/b11-8+. The van der Waals surface area contributed by atoms with Crippen LogP contribution >= 0.6 is 0 Å². The molecule has 0 saturated heterocycles. The summed E-state index contributed by atoms with van der Waals surface area (Å²) in [7, 11) is 5.48. The minimum atomic E-state index is -0.574. The van der Waals surface area contributed by atoms with Gasteiger partial charge < -0.3 is 25.8 Å². The number of nitrogens with zero attached hydrogens (tertiary/aromatic N) is 4. The molecule has 1 fully saturated rings. The Kier molecular flexibility index (Phi) is 10.8. The molecule has 2 aromatic rings. The molecule has 1 atom stereocenters. The fourth-order valence-corrected chi connectivity index (χ4v) is 3.81. The molecule has 1 aromatic carbocycles. The van der Waals surface area contributed by atoms with Crippen LogP contribution in [0.5, 0.6) is 0 Å². The van der Waals surface area contributed by atoms with E-state index in [9.17, 15) is 14.0 Å². The quantitative estimate of drug-likeness (QED) is 0.299. The van der Waals surface area contributed by atoms with Gasteiger partial charge in [-0.1, -0.05) is 30.9 Å². The molecule has 1 aliphatic carbocycles. The number of amides is 2. The molecular weight excluding hydrogens is 497 g/mol. The van der Waals surface area contributed by atoms with Gasteiger partial charge in [-0.25, -0.2) is 9.37 Å². The third-order valence-electron chi connectivity index (χ3n) is 6.35. The van der Waals surface area contributed by atoms with E-state index in [2.05, 4.69) is 44.7 Å². The van der Waals surface area contributed by atoms with Crippen LogP contribution in [0.2, 0.25) is 0 Å². The lowest BCUT2D eigenvalue weighted by molar-refractivity contribution is -0.135. The molecule has 208 valence electrons. The Morgan fingerprint density at radius 2 is 2.03 bits per heavy atom. The first-order chi connectivity index (χ1) is 18.7. The lowest BCUT2D eigenvalue weighted by Gasteiger charge is -2.34. The van der Waals surface area contributed by atoms with Crippen molar-refractivity contribution in [2.45, 2.75) is 45.2 Å². The summed E-state index contributed by atoms with van der Waals surface area (Å²) < 4.78 is 13.5. The van der Waals surface area contributed by atoms with Crippen LogP contribution in [0.25, 0.3) is 0 Å². The van der Waals surface area contributed by atoms with Crippen LogP contribution in [-0.4, -0.2) is 77.9 Å². The number of aromatic nitrogens is 2. The average molecular weight is 536 g/mol. The van der Waals surface area contributed by atoms with Crippen molar-refractivity contribution in [3.63, 3.8) is 0 Å². The molecule has 1 unspecified atom stereocenters. The van der Waals surface area contributed by atoms with Crippen LogP contribution in [0.4, 0.5) is 21.8 Å². The van der Waals surface area contributed by atoms with Crippen molar-refractivity contribution in [3.05, 3.63) is 54.0 Å². The summed E-state index contributed by atoms with van der Waals surface area (Å²) in [4.78, 5) is 37.2. The van der Waals surface area contributed by atoms with E-state index in [1.807, 2.05) is 19.0 Å². The lowest BCUT2D eigenvalue weighted by atomic mass is 9.80. The molecule has 0 bridgehead atoms. The van der Waals surface area contributed by atoms with Crippen LogP contribution in [0, 0.1) is 23.6 Å². The number of benzene rings is 1. The molecule has 1 saturated carbocycles. The fraction of sp³-hybridized carbons (Fsp3) is 0.448. The van der Waals surface area contributed by atoms with Gasteiger partial charge >= 0.3 is 0 Å². The van der Waals surface area contributed by atoms with E-state index >= 15 is 0 Å². The SMILES string of the molecule is CCCNc1nc(Nc2cccc(F)c2)ncc1C#CC1CC(NC(=O)C(C)N(C)C(=O)/C=C/CN(C)C)C1. The van der Waals surface area contributed by atoms with E-state index in [4.69, 9.17) is 0 Å². The highest BCUT2D eigenvalue weighted by atomic mass is 19.1. The van der Waals surface area contributed by atoms with Gasteiger partial charge in [-0.05, 0) is 58.5 Å². The molecule has 0 spiro atoms. The van der Waals surface area contributed by atoms with Gasteiger partial charge in [0.05, 0.1) is 11.8 Å². The number of anilines is 3. The van der Waals surface area contributed by atoms with Gasteiger partial charge in [0.25, 0.3) is 0 Å². The Hall–Kier alpha value is -3.97. The topological polar surface area (TPSA) is 102 Å². The molecule has 1 heterocycles. The minimum absolute atomic E-state index is 0.0267. The number of hydrogen-bond acceptors (Lipinski definition) is 7. The smallest absolute Gasteiger partial charge is 0.246 e. The molecule has 0 radical (unpaired) electrons. The number of nitrogens with one attached hydrogen (secondary N) is 3.